The van der Waals surface area contributed by atoms with Crippen LogP contribution in [0.25, 0.3) is 0 Å². The average molecular weight is 268 g/mol. The first-order valence-corrected chi connectivity index (χ1v) is 4.05. The molecule has 0 aromatic rings. The summed E-state index contributed by atoms with van der Waals surface area (Å²) in [5.74, 6) is -5.41. The van der Waals surface area contributed by atoms with Crippen LogP contribution in [-0.2, 0) is 28.7 Å². The molecule has 0 rings (SSSR count). The van der Waals surface area contributed by atoms with Gasteiger partial charge >= 0.3 is 50.1 Å². The third-order valence-corrected chi connectivity index (χ3v) is 0.887. The molecular weight excluding hydrogens is 258 g/mol. The SMILES string of the molecule is C=CC(=O)OC(=O)C(=O)OC(=O)C=C.OB(O)O.[LiH]. The van der Waals surface area contributed by atoms with Crippen molar-refractivity contribution in [2.45, 2.75) is 0 Å². The first kappa shape index (κ1) is 22.5. The molecule has 0 spiro atoms. The summed E-state index contributed by atoms with van der Waals surface area (Å²) >= 11 is 0. The van der Waals surface area contributed by atoms with Gasteiger partial charge in [0.2, 0.25) is 0 Å². The van der Waals surface area contributed by atoms with Gasteiger partial charge in [-0.1, -0.05) is 13.2 Å². The molecule has 0 aliphatic rings. The Hall–Kier alpha value is -1.70. The molecule has 0 atom stereocenters. The van der Waals surface area contributed by atoms with Gasteiger partial charge in [-0.05, 0) is 0 Å². The van der Waals surface area contributed by atoms with Gasteiger partial charge in [0.1, 0.15) is 0 Å². The molecule has 11 heteroatoms. The molecule has 0 aromatic heterocycles. The molecule has 0 aliphatic heterocycles. The van der Waals surface area contributed by atoms with Crippen LogP contribution in [0.5, 0.6) is 0 Å². The van der Waals surface area contributed by atoms with E-state index >= 15 is 0 Å². The fourth-order valence-electron chi connectivity index (χ4n) is 0.349. The van der Waals surface area contributed by atoms with Crippen LogP contribution < -0.4 is 0 Å². The molecule has 0 aromatic carbocycles. The zero-order chi connectivity index (χ0) is 14.7. The topological polar surface area (TPSA) is 147 Å². The van der Waals surface area contributed by atoms with Crippen molar-refractivity contribution in [1.29, 1.82) is 0 Å². The molecule has 0 bridgehead atoms. The van der Waals surface area contributed by atoms with Crippen LogP contribution in [0.1, 0.15) is 0 Å². The Labute approximate surface area is 119 Å². The van der Waals surface area contributed by atoms with E-state index in [0.717, 1.165) is 0 Å². The number of hydrogen-bond donors (Lipinski definition) is 3. The van der Waals surface area contributed by atoms with Gasteiger partial charge < -0.3 is 24.5 Å². The van der Waals surface area contributed by atoms with Crippen LogP contribution in [0.15, 0.2) is 25.3 Å². The standard InChI is InChI=1S/C8H6O6.BH3O3.Li.H/c1-3-5(9)13-7(11)8(12)14-6(10)4-2;2-1(3)4;;/h3-4H,1-2H2;2-4H;;. The predicted octanol–water partition coefficient (Wildman–Crippen LogP) is -3.20. The van der Waals surface area contributed by atoms with Crippen LogP contribution in [0.4, 0.5) is 0 Å². The molecule has 0 amide bonds. The molecular formula is C8H10BLiO9. The van der Waals surface area contributed by atoms with E-state index in [-0.39, 0.29) is 18.9 Å². The van der Waals surface area contributed by atoms with Gasteiger partial charge in [-0.15, -0.1) is 0 Å². The summed E-state index contributed by atoms with van der Waals surface area (Å²) in [6.07, 6.45) is 1.36. The molecule has 0 saturated heterocycles. The average Bonchev–Trinajstić information content (AvgIpc) is 2.27. The van der Waals surface area contributed by atoms with Crippen molar-refractivity contribution in [2.75, 3.05) is 0 Å². The first-order valence-electron chi connectivity index (χ1n) is 4.05. The van der Waals surface area contributed by atoms with E-state index in [1.165, 1.54) is 0 Å². The van der Waals surface area contributed by atoms with Crippen molar-refractivity contribution < 1.29 is 43.7 Å². The first-order chi connectivity index (χ1) is 8.24. The van der Waals surface area contributed by atoms with E-state index in [9.17, 15) is 19.2 Å². The molecule has 0 heterocycles. The van der Waals surface area contributed by atoms with Crippen LogP contribution >= 0.6 is 0 Å². The van der Waals surface area contributed by atoms with Gasteiger partial charge in [0.15, 0.2) is 0 Å². The van der Waals surface area contributed by atoms with Crippen LogP contribution in [0.3, 0.4) is 0 Å². The Bertz CT molecular complexity index is 330. The monoisotopic (exact) mass is 268 g/mol. The van der Waals surface area contributed by atoms with E-state index < -0.39 is 31.2 Å². The van der Waals surface area contributed by atoms with Crippen molar-refractivity contribution in [3.63, 3.8) is 0 Å². The van der Waals surface area contributed by atoms with Crippen molar-refractivity contribution in [3.8, 4) is 0 Å². The Balaban J connectivity index is -0.000000448. The summed E-state index contributed by atoms with van der Waals surface area (Å²) in [6, 6.07) is 0. The van der Waals surface area contributed by atoms with Gasteiger partial charge in [0.25, 0.3) is 0 Å². The fraction of sp³-hybridized carbons (Fsp3) is 0. The van der Waals surface area contributed by atoms with Crippen molar-refractivity contribution in [1.82, 2.24) is 0 Å². The Morgan fingerprint density at radius 2 is 1.05 bits per heavy atom. The molecule has 9 nitrogen and oxygen atoms in total. The number of ether oxygens (including phenoxy) is 2. The van der Waals surface area contributed by atoms with E-state index in [1.807, 2.05) is 0 Å². The second-order valence-electron chi connectivity index (χ2n) is 2.17. The summed E-state index contributed by atoms with van der Waals surface area (Å²) in [6.45, 7) is 5.98. The van der Waals surface area contributed by atoms with E-state index in [2.05, 4.69) is 22.6 Å². The van der Waals surface area contributed by atoms with Gasteiger partial charge in [0.05, 0.1) is 0 Å². The quantitative estimate of drug-likeness (QED) is 0.155. The predicted molar refractivity (Wildman–Crippen MR) is 62.2 cm³/mol. The summed E-state index contributed by atoms with van der Waals surface area (Å²) in [5.41, 5.74) is 0. The third kappa shape index (κ3) is 16.3. The van der Waals surface area contributed by atoms with Gasteiger partial charge in [-0.25, -0.2) is 19.2 Å². The maximum absolute atomic E-state index is 10.6. The van der Waals surface area contributed by atoms with Crippen LogP contribution in [0, 0.1) is 0 Å². The summed E-state index contributed by atoms with van der Waals surface area (Å²) in [5, 5.41) is 21.5. The van der Waals surface area contributed by atoms with E-state index in [0.29, 0.717) is 12.2 Å². The molecule has 3 N–H and O–H groups in total. The normalized spacial score (nSPS) is 7.53. The maximum atomic E-state index is 10.6. The van der Waals surface area contributed by atoms with Crippen LogP contribution in [0.2, 0.25) is 0 Å². The molecule has 0 saturated carbocycles. The summed E-state index contributed by atoms with van der Waals surface area (Å²) < 4.78 is 7.70. The van der Waals surface area contributed by atoms with Gasteiger partial charge in [-0.3, -0.25) is 0 Å². The van der Waals surface area contributed by atoms with E-state index in [4.69, 9.17) is 15.1 Å². The van der Waals surface area contributed by atoms with Crippen molar-refractivity contribution in [3.05, 3.63) is 25.3 Å². The second-order valence-corrected chi connectivity index (χ2v) is 2.17. The molecule has 19 heavy (non-hydrogen) atoms. The number of esters is 4. The number of carbonyl (C=O) groups is 4. The summed E-state index contributed by atoms with van der Waals surface area (Å²) in [7, 11) is -2.17. The zero-order valence-electron chi connectivity index (χ0n) is 8.94. The molecule has 0 aliphatic carbocycles. The number of rotatable bonds is 2. The Morgan fingerprint density at radius 3 is 1.21 bits per heavy atom. The molecule has 100 valence electrons. The van der Waals surface area contributed by atoms with Crippen molar-refractivity contribution >= 4 is 50.1 Å². The Kier molecular flexibility index (Phi) is 15.1. The minimum atomic E-state index is -2.17. The minimum absolute atomic E-state index is 0. The fourth-order valence-corrected chi connectivity index (χ4v) is 0.349. The molecule has 0 unspecified atom stereocenters. The van der Waals surface area contributed by atoms with E-state index in [1.54, 1.807) is 0 Å². The molecule has 0 radical (unpaired) electrons. The zero-order valence-corrected chi connectivity index (χ0v) is 8.94. The Morgan fingerprint density at radius 1 is 0.842 bits per heavy atom. The summed E-state index contributed by atoms with van der Waals surface area (Å²) in [4.78, 5) is 42.0. The number of carbonyl (C=O) groups excluding carboxylic acids is 4. The third-order valence-electron chi connectivity index (χ3n) is 0.887. The van der Waals surface area contributed by atoms with Crippen molar-refractivity contribution in [2.24, 2.45) is 0 Å². The van der Waals surface area contributed by atoms with Gasteiger partial charge in [-0.2, -0.15) is 0 Å². The van der Waals surface area contributed by atoms with Crippen LogP contribution in [-0.4, -0.2) is 65.1 Å². The second kappa shape index (κ2) is 12.8. The number of hydrogen-bond acceptors (Lipinski definition) is 9. The van der Waals surface area contributed by atoms with Gasteiger partial charge in [0, 0.05) is 12.2 Å². The molecule has 0 fully saturated rings.